The fourth-order valence-corrected chi connectivity index (χ4v) is 1.63. The summed E-state index contributed by atoms with van der Waals surface area (Å²) < 4.78 is 5.51. The molecule has 3 N–H and O–H groups in total. The number of ether oxygens (including phenoxy) is 1. The third kappa shape index (κ3) is 4.56. The van der Waals surface area contributed by atoms with E-state index in [0.29, 0.717) is 13.2 Å². The lowest BCUT2D eigenvalue weighted by molar-refractivity contribution is -0.124. The van der Waals surface area contributed by atoms with Crippen molar-refractivity contribution in [3.63, 3.8) is 0 Å². The van der Waals surface area contributed by atoms with E-state index in [1.165, 1.54) is 0 Å². The van der Waals surface area contributed by atoms with Crippen molar-refractivity contribution < 1.29 is 9.53 Å². The Labute approximate surface area is 115 Å². The standard InChI is InChI=1S/C15H24N2O2/c1-5-19-12-9-7-6-8-11(12)10-17-14(18)13(16)15(2,3)4/h6-9,13H,5,10,16H2,1-4H3,(H,17,18)/t13-/m1/s1. The summed E-state index contributed by atoms with van der Waals surface area (Å²) in [5.41, 5.74) is 6.62. The summed E-state index contributed by atoms with van der Waals surface area (Å²) in [5, 5.41) is 2.86. The second-order valence-corrected chi connectivity index (χ2v) is 5.60. The molecule has 1 atom stereocenters. The second-order valence-electron chi connectivity index (χ2n) is 5.60. The van der Waals surface area contributed by atoms with Gasteiger partial charge < -0.3 is 15.8 Å². The van der Waals surface area contributed by atoms with Crippen molar-refractivity contribution in [1.82, 2.24) is 5.32 Å². The normalized spacial score (nSPS) is 12.9. The van der Waals surface area contributed by atoms with E-state index < -0.39 is 6.04 Å². The van der Waals surface area contributed by atoms with Crippen LogP contribution in [0.1, 0.15) is 33.3 Å². The molecule has 0 saturated heterocycles. The Balaban J connectivity index is 2.64. The van der Waals surface area contributed by atoms with E-state index in [-0.39, 0.29) is 11.3 Å². The number of nitrogens with two attached hydrogens (primary N) is 1. The van der Waals surface area contributed by atoms with Crippen LogP contribution in [0.3, 0.4) is 0 Å². The van der Waals surface area contributed by atoms with Gasteiger partial charge in [0.2, 0.25) is 5.91 Å². The van der Waals surface area contributed by atoms with Crippen LogP contribution in [-0.2, 0) is 11.3 Å². The van der Waals surface area contributed by atoms with Crippen molar-refractivity contribution in [3.8, 4) is 5.75 Å². The highest BCUT2D eigenvalue weighted by Crippen LogP contribution is 2.19. The molecule has 0 radical (unpaired) electrons. The van der Waals surface area contributed by atoms with Crippen LogP contribution in [0.15, 0.2) is 24.3 Å². The van der Waals surface area contributed by atoms with E-state index in [0.717, 1.165) is 11.3 Å². The van der Waals surface area contributed by atoms with Crippen molar-refractivity contribution in [2.45, 2.75) is 40.3 Å². The minimum Gasteiger partial charge on any atom is -0.494 e. The van der Waals surface area contributed by atoms with Crippen LogP contribution < -0.4 is 15.8 Å². The number of amides is 1. The molecule has 106 valence electrons. The first-order valence-electron chi connectivity index (χ1n) is 6.60. The molecule has 1 aromatic rings. The van der Waals surface area contributed by atoms with Crippen LogP contribution in [0.25, 0.3) is 0 Å². The van der Waals surface area contributed by atoms with Gasteiger partial charge in [-0.25, -0.2) is 0 Å². The van der Waals surface area contributed by atoms with Gasteiger partial charge in [0.1, 0.15) is 5.75 Å². The van der Waals surface area contributed by atoms with Gasteiger partial charge in [0, 0.05) is 12.1 Å². The van der Waals surface area contributed by atoms with Crippen molar-refractivity contribution >= 4 is 5.91 Å². The van der Waals surface area contributed by atoms with Gasteiger partial charge in [0.25, 0.3) is 0 Å². The molecule has 0 aliphatic heterocycles. The maximum Gasteiger partial charge on any atom is 0.237 e. The topological polar surface area (TPSA) is 64.3 Å². The molecule has 1 rings (SSSR count). The Hall–Kier alpha value is -1.55. The predicted octanol–water partition coefficient (Wildman–Crippen LogP) is 2.07. The summed E-state index contributed by atoms with van der Waals surface area (Å²) in [7, 11) is 0. The molecule has 0 heterocycles. The average molecular weight is 264 g/mol. The molecule has 0 aliphatic carbocycles. The molecular weight excluding hydrogens is 240 g/mol. The summed E-state index contributed by atoms with van der Waals surface area (Å²) in [6.45, 7) is 8.82. The van der Waals surface area contributed by atoms with Gasteiger partial charge in [-0.15, -0.1) is 0 Å². The third-order valence-electron chi connectivity index (χ3n) is 2.94. The quantitative estimate of drug-likeness (QED) is 0.855. The number of nitrogens with one attached hydrogen (secondary N) is 1. The van der Waals surface area contributed by atoms with Gasteiger partial charge in [-0.2, -0.15) is 0 Å². The molecule has 1 amide bonds. The Morgan fingerprint density at radius 3 is 2.58 bits per heavy atom. The molecule has 0 saturated carbocycles. The lowest BCUT2D eigenvalue weighted by atomic mass is 9.87. The molecule has 4 nitrogen and oxygen atoms in total. The molecule has 0 aliphatic rings. The van der Waals surface area contributed by atoms with Gasteiger partial charge in [-0.1, -0.05) is 39.0 Å². The highest BCUT2D eigenvalue weighted by Gasteiger charge is 2.27. The number of hydrogen-bond acceptors (Lipinski definition) is 3. The van der Waals surface area contributed by atoms with Crippen molar-refractivity contribution in [3.05, 3.63) is 29.8 Å². The van der Waals surface area contributed by atoms with E-state index in [9.17, 15) is 4.79 Å². The molecule has 4 heteroatoms. The largest absolute Gasteiger partial charge is 0.494 e. The molecule has 1 aromatic carbocycles. The van der Waals surface area contributed by atoms with Crippen LogP contribution in [-0.4, -0.2) is 18.6 Å². The summed E-state index contributed by atoms with van der Waals surface area (Å²) in [5.74, 6) is 0.661. The molecule has 0 bridgehead atoms. The van der Waals surface area contributed by atoms with Crippen LogP contribution in [0, 0.1) is 5.41 Å². The van der Waals surface area contributed by atoms with E-state index in [1.54, 1.807) is 0 Å². The molecular formula is C15H24N2O2. The summed E-state index contributed by atoms with van der Waals surface area (Å²) in [4.78, 5) is 12.0. The van der Waals surface area contributed by atoms with Gasteiger partial charge in [-0.3, -0.25) is 4.79 Å². The molecule has 0 unspecified atom stereocenters. The van der Waals surface area contributed by atoms with Crippen LogP contribution in [0.5, 0.6) is 5.75 Å². The van der Waals surface area contributed by atoms with E-state index in [1.807, 2.05) is 52.0 Å². The van der Waals surface area contributed by atoms with Crippen molar-refractivity contribution in [2.24, 2.45) is 11.1 Å². The van der Waals surface area contributed by atoms with E-state index in [2.05, 4.69) is 5.32 Å². The summed E-state index contributed by atoms with van der Waals surface area (Å²) >= 11 is 0. The zero-order valence-corrected chi connectivity index (χ0v) is 12.2. The van der Waals surface area contributed by atoms with E-state index in [4.69, 9.17) is 10.5 Å². The smallest absolute Gasteiger partial charge is 0.237 e. The maximum atomic E-state index is 12.0. The number of rotatable bonds is 5. The van der Waals surface area contributed by atoms with E-state index >= 15 is 0 Å². The number of benzene rings is 1. The number of hydrogen-bond donors (Lipinski definition) is 2. The fraction of sp³-hybridized carbons (Fsp3) is 0.533. The van der Waals surface area contributed by atoms with Crippen molar-refractivity contribution in [1.29, 1.82) is 0 Å². The fourth-order valence-electron chi connectivity index (χ4n) is 1.63. The third-order valence-corrected chi connectivity index (χ3v) is 2.94. The molecule has 0 spiro atoms. The highest BCUT2D eigenvalue weighted by molar-refractivity contribution is 5.82. The Morgan fingerprint density at radius 2 is 2.00 bits per heavy atom. The summed E-state index contributed by atoms with van der Waals surface area (Å²) in [6.07, 6.45) is 0. The minimum absolute atomic E-state index is 0.140. The van der Waals surface area contributed by atoms with Crippen molar-refractivity contribution in [2.75, 3.05) is 6.61 Å². The van der Waals surface area contributed by atoms with Crippen LogP contribution >= 0.6 is 0 Å². The molecule has 0 aromatic heterocycles. The lowest BCUT2D eigenvalue weighted by Gasteiger charge is -2.26. The van der Waals surface area contributed by atoms with Gasteiger partial charge in [0.05, 0.1) is 12.6 Å². The zero-order chi connectivity index (χ0) is 14.5. The molecule has 19 heavy (non-hydrogen) atoms. The highest BCUT2D eigenvalue weighted by atomic mass is 16.5. The van der Waals surface area contributed by atoms with Crippen LogP contribution in [0.4, 0.5) is 0 Å². The van der Waals surface area contributed by atoms with Gasteiger partial charge >= 0.3 is 0 Å². The number of carbonyl (C=O) groups excluding carboxylic acids is 1. The van der Waals surface area contributed by atoms with Gasteiger partial charge in [0.15, 0.2) is 0 Å². The monoisotopic (exact) mass is 264 g/mol. The maximum absolute atomic E-state index is 12.0. The average Bonchev–Trinajstić information content (AvgIpc) is 2.35. The number of carbonyl (C=O) groups is 1. The SMILES string of the molecule is CCOc1ccccc1CNC(=O)[C@@H](N)C(C)(C)C. The minimum atomic E-state index is -0.522. The van der Waals surface area contributed by atoms with Gasteiger partial charge in [-0.05, 0) is 18.4 Å². The first-order chi connectivity index (χ1) is 8.86. The lowest BCUT2D eigenvalue weighted by Crippen LogP contribution is -2.48. The molecule has 0 fully saturated rings. The predicted molar refractivity (Wildman–Crippen MR) is 76.9 cm³/mol. The zero-order valence-electron chi connectivity index (χ0n) is 12.2. The first-order valence-corrected chi connectivity index (χ1v) is 6.60. The Bertz CT molecular complexity index is 424. The Morgan fingerprint density at radius 1 is 1.37 bits per heavy atom. The summed E-state index contributed by atoms with van der Waals surface area (Å²) in [6, 6.07) is 7.15. The van der Waals surface area contributed by atoms with Crippen LogP contribution in [0.2, 0.25) is 0 Å². The first kappa shape index (κ1) is 15.5. The second kappa shape index (κ2) is 6.57. The Kier molecular flexibility index (Phi) is 5.36. The number of para-hydroxylation sites is 1.